The zero-order chi connectivity index (χ0) is 13.3. The number of unbranched alkanes of at least 4 members (excludes halogenated alkanes) is 1. The fourth-order valence-electron chi connectivity index (χ4n) is 1.39. The Balaban J connectivity index is 2.98. The monoisotopic (exact) mass is 254 g/mol. The molecule has 0 aliphatic carbocycles. The molecular weight excluding hydrogens is 232 g/mol. The molecule has 0 spiro atoms. The van der Waals surface area contributed by atoms with E-state index in [1.807, 2.05) is 0 Å². The minimum Gasteiger partial charge on any atom is -0.317 e. The minimum atomic E-state index is 0.566. The van der Waals surface area contributed by atoms with Crippen molar-refractivity contribution >= 4 is 0 Å². The summed E-state index contributed by atoms with van der Waals surface area (Å²) in [5.74, 6) is 0. The molecule has 0 unspecified atom stereocenters. The van der Waals surface area contributed by atoms with E-state index in [0.717, 1.165) is 51.9 Å². The lowest BCUT2D eigenvalue weighted by Crippen LogP contribution is -2.21. The number of rotatable bonds is 13. The van der Waals surface area contributed by atoms with Crippen LogP contribution in [0.3, 0.4) is 0 Å². The van der Waals surface area contributed by atoms with E-state index in [2.05, 4.69) is 30.7 Å². The van der Waals surface area contributed by atoms with Crippen LogP contribution in [-0.4, -0.2) is 39.3 Å². The van der Waals surface area contributed by atoms with Crippen LogP contribution in [0.25, 0.3) is 20.9 Å². The Kier molecular flexibility index (Phi) is 14.3. The summed E-state index contributed by atoms with van der Waals surface area (Å²) < 4.78 is 0. The molecule has 0 aliphatic rings. The summed E-state index contributed by atoms with van der Waals surface area (Å²) in [6, 6.07) is 0. The molecule has 0 radical (unpaired) electrons. The average Bonchev–Trinajstić information content (AvgIpc) is 2.39. The van der Waals surface area contributed by atoms with Gasteiger partial charge in [0.05, 0.1) is 0 Å². The van der Waals surface area contributed by atoms with Crippen molar-refractivity contribution in [2.75, 3.05) is 39.3 Å². The van der Waals surface area contributed by atoms with Gasteiger partial charge in [-0.25, -0.2) is 0 Å². The van der Waals surface area contributed by atoms with Crippen LogP contribution in [0.5, 0.6) is 0 Å². The Morgan fingerprint density at radius 2 is 1.06 bits per heavy atom. The first-order valence-electron chi connectivity index (χ1n) is 6.35. The summed E-state index contributed by atoms with van der Waals surface area (Å²) >= 11 is 0. The number of nitrogens with one attached hydrogen (secondary N) is 2. The summed E-state index contributed by atoms with van der Waals surface area (Å²) in [7, 11) is 0. The molecule has 0 aromatic carbocycles. The summed E-state index contributed by atoms with van der Waals surface area (Å²) in [6.07, 6.45) is 4.04. The van der Waals surface area contributed by atoms with Crippen molar-refractivity contribution in [2.45, 2.75) is 25.7 Å². The second-order valence-electron chi connectivity index (χ2n) is 3.82. The van der Waals surface area contributed by atoms with Crippen LogP contribution < -0.4 is 10.6 Å². The van der Waals surface area contributed by atoms with Crippen molar-refractivity contribution < 1.29 is 0 Å². The smallest absolute Gasteiger partial charge is 0.0269 e. The third kappa shape index (κ3) is 14.5. The second-order valence-corrected chi connectivity index (χ2v) is 3.82. The largest absolute Gasteiger partial charge is 0.317 e. The third-order valence-electron chi connectivity index (χ3n) is 2.31. The lowest BCUT2D eigenvalue weighted by atomic mass is 10.3. The standard InChI is InChI=1S/C10H22N8/c11-17-15-9-3-7-13-5-1-2-6-14-8-4-10-16-18-12/h13-14H,1-10H2. The van der Waals surface area contributed by atoms with Crippen molar-refractivity contribution in [1.82, 2.24) is 10.6 Å². The van der Waals surface area contributed by atoms with E-state index >= 15 is 0 Å². The van der Waals surface area contributed by atoms with Crippen LogP contribution >= 0.6 is 0 Å². The third-order valence-corrected chi connectivity index (χ3v) is 2.31. The van der Waals surface area contributed by atoms with Gasteiger partial charge in [-0.3, -0.25) is 0 Å². The maximum absolute atomic E-state index is 8.07. The van der Waals surface area contributed by atoms with E-state index in [9.17, 15) is 0 Å². The fourth-order valence-corrected chi connectivity index (χ4v) is 1.39. The molecule has 0 saturated carbocycles. The van der Waals surface area contributed by atoms with Gasteiger partial charge in [0.15, 0.2) is 0 Å². The van der Waals surface area contributed by atoms with Crippen LogP contribution in [0.2, 0.25) is 0 Å². The Hall–Kier alpha value is -1.46. The molecule has 0 aromatic rings. The van der Waals surface area contributed by atoms with Gasteiger partial charge in [-0.15, -0.1) is 0 Å². The quantitative estimate of drug-likeness (QED) is 0.227. The predicted molar refractivity (Wildman–Crippen MR) is 72.2 cm³/mol. The van der Waals surface area contributed by atoms with Crippen molar-refractivity contribution in [3.8, 4) is 0 Å². The van der Waals surface area contributed by atoms with E-state index in [1.165, 1.54) is 0 Å². The summed E-state index contributed by atoms with van der Waals surface area (Å²) in [5.41, 5.74) is 16.1. The fraction of sp³-hybridized carbons (Fsp3) is 1.00. The van der Waals surface area contributed by atoms with Gasteiger partial charge in [0.1, 0.15) is 0 Å². The number of hydrogen-bond donors (Lipinski definition) is 2. The minimum absolute atomic E-state index is 0.566. The number of azide groups is 2. The Labute approximate surface area is 107 Å². The molecule has 8 heteroatoms. The molecule has 0 fully saturated rings. The van der Waals surface area contributed by atoms with Gasteiger partial charge < -0.3 is 10.6 Å². The molecule has 0 aliphatic heterocycles. The van der Waals surface area contributed by atoms with E-state index in [4.69, 9.17) is 11.1 Å². The highest BCUT2D eigenvalue weighted by atomic mass is 15.1. The van der Waals surface area contributed by atoms with E-state index < -0.39 is 0 Å². The molecule has 18 heavy (non-hydrogen) atoms. The van der Waals surface area contributed by atoms with Crippen LogP contribution in [0.15, 0.2) is 10.2 Å². The molecule has 0 rings (SSSR count). The van der Waals surface area contributed by atoms with E-state index in [1.54, 1.807) is 0 Å². The lowest BCUT2D eigenvalue weighted by molar-refractivity contribution is 0.570. The van der Waals surface area contributed by atoms with Gasteiger partial charge >= 0.3 is 0 Å². The van der Waals surface area contributed by atoms with E-state index in [0.29, 0.717) is 13.1 Å². The second kappa shape index (κ2) is 15.5. The Morgan fingerprint density at radius 1 is 0.667 bits per heavy atom. The van der Waals surface area contributed by atoms with Gasteiger partial charge in [0.25, 0.3) is 0 Å². The number of nitrogens with zero attached hydrogens (tertiary/aromatic N) is 6. The van der Waals surface area contributed by atoms with Gasteiger partial charge in [-0.1, -0.05) is 10.2 Å². The van der Waals surface area contributed by atoms with Crippen molar-refractivity contribution in [3.63, 3.8) is 0 Å². The molecular formula is C10H22N8. The predicted octanol–water partition coefficient (Wildman–Crippen LogP) is 2.35. The molecule has 102 valence electrons. The van der Waals surface area contributed by atoms with Crippen LogP contribution in [0.1, 0.15) is 25.7 Å². The molecule has 0 bridgehead atoms. The van der Waals surface area contributed by atoms with Crippen molar-refractivity contribution in [3.05, 3.63) is 20.9 Å². The van der Waals surface area contributed by atoms with Crippen LogP contribution in [-0.2, 0) is 0 Å². The number of hydrogen-bond acceptors (Lipinski definition) is 4. The molecule has 0 saturated heterocycles. The van der Waals surface area contributed by atoms with Crippen molar-refractivity contribution in [2.24, 2.45) is 10.2 Å². The zero-order valence-corrected chi connectivity index (χ0v) is 10.8. The normalized spacial score (nSPS) is 9.56. The van der Waals surface area contributed by atoms with Gasteiger partial charge in [-0.05, 0) is 62.9 Å². The first-order valence-corrected chi connectivity index (χ1v) is 6.35. The van der Waals surface area contributed by atoms with E-state index in [-0.39, 0.29) is 0 Å². The molecule has 2 N–H and O–H groups in total. The summed E-state index contributed by atoms with van der Waals surface area (Å²) in [4.78, 5) is 5.39. The lowest BCUT2D eigenvalue weighted by Gasteiger charge is -2.04. The average molecular weight is 254 g/mol. The Morgan fingerprint density at radius 3 is 1.44 bits per heavy atom. The highest BCUT2D eigenvalue weighted by molar-refractivity contribution is 4.55. The van der Waals surface area contributed by atoms with Gasteiger partial charge in [0, 0.05) is 22.9 Å². The highest BCUT2D eigenvalue weighted by Crippen LogP contribution is 1.87. The summed E-state index contributed by atoms with van der Waals surface area (Å²) in [6.45, 7) is 4.93. The maximum Gasteiger partial charge on any atom is 0.0269 e. The topological polar surface area (TPSA) is 122 Å². The zero-order valence-electron chi connectivity index (χ0n) is 10.8. The van der Waals surface area contributed by atoms with Gasteiger partial charge in [0.2, 0.25) is 0 Å². The van der Waals surface area contributed by atoms with Crippen molar-refractivity contribution in [1.29, 1.82) is 0 Å². The highest BCUT2D eigenvalue weighted by Gasteiger charge is 1.90. The Bertz CT molecular complexity index is 239. The van der Waals surface area contributed by atoms with Gasteiger partial charge in [-0.2, -0.15) is 0 Å². The first kappa shape index (κ1) is 16.5. The molecule has 0 heterocycles. The molecule has 0 atom stereocenters. The first-order chi connectivity index (χ1) is 8.91. The SMILES string of the molecule is [N-]=[N+]=NCCCNCCCCNCCCN=[N+]=[N-]. The van der Waals surface area contributed by atoms with Crippen LogP contribution in [0, 0.1) is 0 Å². The molecule has 0 amide bonds. The molecule has 8 nitrogen and oxygen atoms in total. The maximum atomic E-state index is 8.07. The molecule has 0 aromatic heterocycles. The summed E-state index contributed by atoms with van der Waals surface area (Å²) in [5, 5.41) is 13.5. The van der Waals surface area contributed by atoms with Crippen LogP contribution in [0.4, 0.5) is 0 Å².